The number of H-pyrrole nitrogens is 1. The number of carbonyl (C=O) groups is 2. The number of benzene rings is 2. The fourth-order valence-corrected chi connectivity index (χ4v) is 4.97. The van der Waals surface area contributed by atoms with Crippen molar-refractivity contribution in [3.05, 3.63) is 65.1 Å². The van der Waals surface area contributed by atoms with E-state index in [1.807, 2.05) is 25.1 Å². The van der Waals surface area contributed by atoms with Gasteiger partial charge in [0.05, 0.1) is 19.3 Å². The van der Waals surface area contributed by atoms with E-state index in [9.17, 15) is 14.0 Å². The molecule has 1 fully saturated rings. The molecule has 0 aliphatic carbocycles. The van der Waals surface area contributed by atoms with E-state index in [0.717, 1.165) is 27.9 Å². The van der Waals surface area contributed by atoms with E-state index in [4.69, 9.17) is 4.74 Å². The molecule has 0 spiro atoms. The summed E-state index contributed by atoms with van der Waals surface area (Å²) in [4.78, 5) is 33.4. The topological polar surface area (TPSA) is 65.6 Å². The molecule has 1 saturated heterocycles. The largest absolute Gasteiger partial charge is 0.497 e. The van der Waals surface area contributed by atoms with Crippen LogP contribution in [0, 0.1) is 5.82 Å². The Morgan fingerprint density at radius 3 is 2.77 bits per heavy atom. The zero-order valence-corrected chi connectivity index (χ0v) is 17.6. The summed E-state index contributed by atoms with van der Waals surface area (Å²) in [6.45, 7) is 2.61. The van der Waals surface area contributed by atoms with Gasteiger partial charge in [-0.15, -0.1) is 0 Å². The Morgan fingerprint density at radius 1 is 1.19 bits per heavy atom. The molecule has 0 saturated carbocycles. The van der Waals surface area contributed by atoms with Crippen molar-refractivity contribution in [2.45, 2.75) is 25.3 Å². The second kappa shape index (κ2) is 7.11. The maximum absolute atomic E-state index is 14.0. The Kier molecular flexibility index (Phi) is 4.50. The summed E-state index contributed by atoms with van der Waals surface area (Å²) >= 11 is 0. The van der Waals surface area contributed by atoms with Crippen LogP contribution in [0.25, 0.3) is 10.9 Å². The van der Waals surface area contributed by atoms with Gasteiger partial charge in [-0.1, -0.05) is 18.2 Å². The average Bonchev–Trinajstić information content (AvgIpc) is 3.15. The SMILES string of the molecule is COc1ccc2[nH]c3c(c2c1)CCN1C(=O)CN(CCc2ccccc2F)C(=O)[C@@]31C. The average molecular weight is 421 g/mol. The normalized spacial score (nSPS) is 20.7. The summed E-state index contributed by atoms with van der Waals surface area (Å²) in [5, 5.41) is 1.01. The first-order valence-corrected chi connectivity index (χ1v) is 10.5. The molecule has 1 atom stereocenters. The number of nitrogens with zero attached hydrogens (tertiary/aromatic N) is 2. The lowest BCUT2D eigenvalue weighted by Gasteiger charge is -2.49. The standard InChI is InChI=1S/C24H24FN3O3/c1-24-22-17(18-13-16(31-2)7-8-20(18)26-22)10-12-28(24)21(29)14-27(23(24)30)11-9-15-5-3-4-6-19(15)25/h3-8,13,26H,9-12,14H2,1-2H3/t24-/m1/s1. The molecular weight excluding hydrogens is 397 g/mol. The molecule has 2 aromatic carbocycles. The summed E-state index contributed by atoms with van der Waals surface area (Å²) < 4.78 is 19.4. The monoisotopic (exact) mass is 421 g/mol. The van der Waals surface area contributed by atoms with Gasteiger partial charge in [0.25, 0.3) is 5.91 Å². The zero-order valence-electron chi connectivity index (χ0n) is 17.6. The minimum atomic E-state index is -1.11. The first-order chi connectivity index (χ1) is 14.9. The van der Waals surface area contributed by atoms with Crippen molar-refractivity contribution < 1.29 is 18.7 Å². The Bertz CT molecular complexity index is 1200. The van der Waals surface area contributed by atoms with Crippen molar-refractivity contribution >= 4 is 22.7 Å². The zero-order chi connectivity index (χ0) is 21.8. The number of carbonyl (C=O) groups excluding carboxylic acids is 2. The van der Waals surface area contributed by atoms with Crippen LogP contribution in [-0.2, 0) is 28.0 Å². The van der Waals surface area contributed by atoms with Crippen LogP contribution in [0.4, 0.5) is 4.39 Å². The smallest absolute Gasteiger partial charge is 0.254 e. The first-order valence-electron chi connectivity index (χ1n) is 10.5. The maximum atomic E-state index is 14.0. The second-order valence-electron chi connectivity index (χ2n) is 8.33. The molecule has 31 heavy (non-hydrogen) atoms. The van der Waals surface area contributed by atoms with Crippen LogP contribution in [-0.4, -0.2) is 53.3 Å². The summed E-state index contributed by atoms with van der Waals surface area (Å²) in [6, 6.07) is 12.3. The molecular formula is C24H24FN3O3. The van der Waals surface area contributed by atoms with Crippen molar-refractivity contribution in [1.82, 2.24) is 14.8 Å². The lowest BCUT2D eigenvalue weighted by molar-refractivity contribution is -0.165. The molecule has 3 aromatic rings. The number of piperazine rings is 1. The van der Waals surface area contributed by atoms with Crippen LogP contribution in [0.1, 0.15) is 23.7 Å². The highest BCUT2D eigenvalue weighted by Crippen LogP contribution is 2.42. The van der Waals surface area contributed by atoms with E-state index in [0.29, 0.717) is 31.5 Å². The summed E-state index contributed by atoms with van der Waals surface area (Å²) in [6.07, 6.45) is 1.03. The highest BCUT2D eigenvalue weighted by atomic mass is 19.1. The third kappa shape index (κ3) is 2.91. The lowest BCUT2D eigenvalue weighted by atomic mass is 9.83. The molecule has 6 nitrogen and oxygen atoms in total. The van der Waals surface area contributed by atoms with Crippen molar-refractivity contribution in [2.75, 3.05) is 26.7 Å². The van der Waals surface area contributed by atoms with Gasteiger partial charge in [-0.3, -0.25) is 9.59 Å². The molecule has 1 aromatic heterocycles. The van der Waals surface area contributed by atoms with Gasteiger partial charge in [0.15, 0.2) is 5.54 Å². The predicted molar refractivity (Wildman–Crippen MR) is 114 cm³/mol. The predicted octanol–water partition coefficient (Wildman–Crippen LogP) is 3.00. The number of methoxy groups -OCH3 is 1. The van der Waals surface area contributed by atoms with Crippen molar-refractivity contribution in [3.8, 4) is 5.75 Å². The van der Waals surface area contributed by atoms with Crippen LogP contribution < -0.4 is 4.74 Å². The Labute approximate surface area is 179 Å². The maximum Gasteiger partial charge on any atom is 0.254 e. The number of hydrogen-bond donors (Lipinski definition) is 1. The third-order valence-electron chi connectivity index (χ3n) is 6.67. The minimum Gasteiger partial charge on any atom is -0.497 e. The number of aromatic nitrogens is 1. The Hall–Kier alpha value is -3.35. The number of ether oxygens (including phenoxy) is 1. The van der Waals surface area contributed by atoms with Gasteiger partial charge in [0, 0.05) is 24.0 Å². The van der Waals surface area contributed by atoms with E-state index in [1.165, 1.54) is 6.07 Å². The molecule has 5 rings (SSSR count). The highest BCUT2D eigenvalue weighted by Gasteiger charge is 2.53. The third-order valence-corrected chi connectivity index (χ3v) is 6.67. The fourth-order valence-electron chi connectivity index (χ4n) is 4.97. The van der Waals surface area contributed by atoms with Gasteiger partial charge >= 0.3 is 0 Å². The Morgan fingerprint density at radius 2 is 2.00 bits per heavy atom. The van der Waals surface area contributed by atoms with Crippen molar-refractivity contribution in [1.29, 1.82) is 0 Å². The van der Waals surface area contributed by atoms with Crippen molar-refractivity contribution in [2.24, 2.45) is 0 Å². The fraction of sp³-hybridized carbons (Fsp3) is 0.333. The molecule has 3 heterocycles. The van der Waals surface area contributed by atoms with Gasteiger partial charge in [0.1, 0.15) is 11.6 Å². The molecule has 160 valence electrons. The number of hydrogen-bond acceptors (Lipinski definition) is 3. The quantitative estimate of drug-likeness (QED) is 0.704. The van der Waals surface area contributed by atoms with E-state index < -0.39 is 5.54 Å². The van der Waals surface area contributed by atoms with Crippen LogP contribution in [0.5, 0.6) is 5.75 Å². The van der Waals surface area contributed by atoms with E-state index in [2.05, 4.69) is 4.98 Å². The van der Waals surface area contributed by atoms with Crippen LogP contribution in [0.15, 0.2) is 42.5 Å². The lowest BCUT2D eigenvalue weighted by Crippen LogP contribution is -2.67. The molecule has 2 aliphatic heterocycles. The van der Waals surface area contributed by atoms with E-state index >= 15 is 0 Å². The van der Waals surface area contributed by atoms with Gasteiger partial charge in [-0.05, 0) is 55.2 Å². The minimum absolute atomic E-state index is 0.0201. The Balaban J connectivity index is 1.52. The molecule has 0 unspecified atom stereocenters. The molecule has 1 N–H and O–H groups in total. The number of nitrogens with one attached hydrogen (secondary N) is 1. The first kappa shape index (κ1) is 19.6. The van der Waals surface area contributed by atoms with E-state index in [1.54, 1.807) is 35.1 Å². The second-order valence-corrected chi connectivity index (χ2v) is 8.33. The molecule has 2 amide bonds. The van der Waals surface area contributed by atoms with Gasteiger partial charge in [0.2, 0.25) is 5.91 Å². The van der Waals surface area contributed by atoms with Crippen LogP contribution in [0.2, 0.25) is 0 Å². The van der Waals surface area contributed by atoms with Gasteiger partial charge in [-0.25, -0.2) is 4.39 Å². The summed E-state index contributed by atoms with van der Waals surface area (Å²) in [5.41, 5.74) is 2.15. The molecule has 2 aliphatic rings. The van der Waals surface area contributed by atoms with Gasteiger partial charge in [-0.2, -0.15) is 0 Å². The van der Waals surface area contributed by atoms with Gasteiger partial charge < -0.3 is 19.5 Å². The van der Waals surface area contributed by atoms with Crippen molar-refractivity contribution in [3.63, 3.8) is 0 Å². The molecule has 0 bridgehead atoms. The molecule has 0 radical (unpaired) electrons. The summed E-state index contributed by atoms with van der Waals surface area (Å²) in [5.74, 6) is 0.232. The number of rotatable bonds is 4. The highest BCUT2D eigenvalue weighted by molar-refractivity contribution is 6.00. The number of fused-ring (bicyclic) bond motifs is 5. The number of halogens is 1. The van der Waals surface area contributed by atoms with E-state index in [-0.39, 0.29) is 24.2 Å². The number of aromatic amines is 1. The summed E-state index contributed by atoms with van der Waals surface area (Å²) in [7, 11) is 1.63. The number of amides is 2. The van der Waals surface area contributed by atoms with Crippen LogP contribution >= 0.6 is 0 Å². The molecule has 7 heteroatoms. The van der Waals surface area contributed by atoms with Crippen LogP contribution in [0.3, 0.4) is 0 Å².